The monoisotopic (exact) mass is 207 g/mol. The van der Waals surface area contributed by atoms with Crippen molar-refractivity contribution in [2.45, 2.75) is 12.8 Å². The molecule has 1 heterocycles. The van der Waals surface area contributed by atoms with Crippen LogP contribution in [-0.4, -0.2) is 27.0 Å². The van der Waals surface area contributed by atoms with Crippen molar-refractivity contribution in [3.05, 3.63) is 29.3 Å². The number of methoxy groups -OCH3 is 1. The lowest BCUT2D eigenvalue weighted by Crippen LogP contribution is -2.19. The van der Waals surface area contributed by atoms with Gasteiger partial charge in [-0.3, -0.25) is 5.32 Å². The van der Waals surface area contributed by atoms with Crippen LogP contribution >= 0.6 is 0 Å². The predicted octanol–water partition coefficient (Wildman–Crippen LogP) is 1.36. The van der Waals surface area contributed by atoms with Crippen LogP contribution in [-0.2, 0) is 17.6 Å². The van der Waals surface area contributed by atoms with Crippen LogP contribution in [0, 0.1) is 0 Å². The molecular formula is C12H17NO2. The first-order chi connectivity index (χ1) is 7.40. The molecule has 0 radical (unpaired) electrons. The first-order valence-corrected chi connectivity index (χ1v) is 5.34. The van der Waals surface area contributed by atoms with Gasteiger partial charge in [0.15, 0.2) is 0 Å². The van der Waals surface area contributed by atoms with Crippen LogP contribution in [0.5, 0.6) is 5.75 Å². The van der Waals surface area contributed by atoms with Crippen LogP contribution in [0.3, 0.4) is 0 Å². The molecule has 0 aliphatic carbocycles. The number of ether oxygens (including phenoxy) is 2. The first-order valence-electron chi connectivity index (χ1n) is 5.34. The van der Waals surface area contributed by atoms with Crippen molar-refractivity contribution in [3.63, 3.8) is 0 Å². The Morgan fingerprint density at radius 3 is 3.27 bits per heavy atom. The Hall–Kier alpha value is -1.06. The highest BCUT2D eigenvalue weighted by Gasteiger charge is 2.11. The van der Waals surface area contributed by atoms with E-state index in [1.54, 1.807) is 7.11 Å². The van der Waals surface area contributed by atoms with Gasteiger partial charge in [0.2, 0.25) is 0 Å². The molecule has 15 heavy (non-hydrogen) atoms. The number of hydrogen-bond donors (Lipinski definition) is 1. The van der Waals surface area contributed by atoms with Gasteiger partial charge in [-0.25, -0.2) is 0 Å². The zero-order chi connectivity index (χ0) is 10.5. The predicted molar refractivity (Wildman–Crippen MR) is 59.2 cm³/mol. The Labute approximate surface area is 90.4 Å². The third-order valence-corrected chi connectivity index (χ3v) is 2.59. The van der Waals surface area contributed by atoms with Crippen molar-refractivity contribution in [2.75, 3.05) is 27.0 Å². The van der Waals surface area contributed by atoms with E-state index in [9.17, 15) is 0 Å². The van der Waals surface area contributed by atoms with Crippen molar-refractivity contribution in [1.29, 1.82) is 0 Å². The summed E-state index contributed by atoms with van der Waals surface area (Å²) in [4.78, 5) is 0. The van der Waals surface area contributed by atoms with E-state index >= 15 is 0 Å². The van der Waals surface area contributed by atoms with Crippen LogP contribution in [0.1, 0.15) is 11.1 Å². The summed E-state index contributed by atoms with van der Waals surface area (Å²) in [5.41, 5.74) is 2.71. The standard InChI is InChI=1S/C12H17NO2/c1-14-9-13-6-4-10-2-3-12-11(8-10)5-7-15-12/h2-3,8,13H,4-7,9H2,1H3. The summed E-state index contributed by atoms with van der Waals surface area (Å²) in [6.45, 7) is 2.41. The lowest BCUT2D eigenvalue weighted by molar-refractivity contribution is 0.176. The summed E-state index contributed by atoms with van der Waals surface area (Å²) < 4.78 is 10.4. The number of rotatable bonds is 5. The normalized spacial score (nSPS) is 13.7. The molecule has 0 spiro atoms. The molecule has 0 saturated carbocycles. The van der Waals surface area contributed by atoms with Crippen molar-refractivity contribution in [1.82, 2.24) is 5.32 Å². The summed E-state index contributed by atoms with van der Waals surface area (Å²) >= 11 is 0. The van der Waals surface area contributed by atoms with Crippen LogP contribution in [0.2, 0.25) is 0 Å². The molecule has 1 aliphatic rings. The third-order valence-electron chi connectivity index (χ3n) is 2.59. The molecule has 1 aromatic rings. The van der Waals surface area contributed by atoms with E-state index < -0.39 is 0 Å². The van der Waals surface area contributed by atoms with E-state index in [0.717, 1.165) is 31.7 Å². The van der Waals surface area contributed by atoms with Gasteiger partial charge in [-0.15, -0.1) is 0 Å². The second kappa shape index (κ2) is 5.14. The van der Waals surface area contributed by atoms with Crippen molar-refractivity contribution in [3.8, 4) is 5.75 Å². The first kappa shape index (κ1) is 10.5. The number of benzene rings is 1. The van der Waals surface area contributed by atoms with Gasteiger partial charge in [0.1, 0.15) is 5.75 Å². The Morgan fingerprint density at radius 2 is 2.40 bits per heavy atom. The Kier molecular flexibility index (Phi) is 3.59. The summed E-state index contributed by atoms with van der Waals surface area (Å²) in [6, 6.07) is 6.46. The van der Waals surface area contributed by atoms with E-state index in [4.69, 9.17) is 9.47 Å². The molecular weight excluding hydrogens is 190 g/mol. The molecule has 0 atom stereocenters. The van der Waals surface area contributed by atoms with Gasteiger partial charge in [-0.05, 0) is 23.6 Å². The van der Waals surface area contributed by atoms with Crippen LogP contribution in [0.4, 0.5) is 0 Å². The van der Waals surface area contributed by atoms with Crippen LogP contribution < -0.4 is 10.1 Å². The maximum atomic E-state index is 5.46. The summed E-state index contributed by atoms with van der Waals surface area (Å²) in [6.07, 6.45) is 2.09. The molecule has 1 aliphatic heterocycles. The zero-order valence-electron chi connectivity index (χ0n) is 9.08. The van der Waals surface area contributed by atoms with E-state index in [2.05, 4.69) is 23.5 Å². The molecule has 0 aromatic heterocycles. The molecule has 0 saturated heterocycles. The fourth-order valence-corrected chi connectivity index (χ4v) is 1.80. The Balaban J connectivity index is 1.87. The van der Waals surface area contributed by atoms with Gasteiger partial charge in [0.05, 0.1) is 13.3 Å². The van der Waals surface area contributed by atoms with Gasteiger partial charge in [0.25, 0.3) is 0 Å². The molecule has 0 fully saturated rings. The number of nitrogens with one attached hydrogen (secondary N) is 1. The van der Waals surface area contributed by atoms with Gasteiger partial charge in [-0.2, -0.15) is 0 Å². The van der Waals surface area contributed by atoms with E-state index in [0.29, 0.717) is 6.73 Å². The molecule has 1 N–H and O–H groups in total. The van der Waals surface area contributed by atoms with Crippen LogP contribution in [0.15, 0.2) is 18.2 Å². The van der Waals surface area contributed by atoms with Gasteiger partial charge < -0.3 is 9.47 Å². The molecule has 0 bridgehead atoms. The maximum absolute atomic E-state index is 5.46. The molecule has 2 rings (SSSR count). The van der Waals surface area contributed by atoms with E-state index in [1.807, 2.05) is 0 Å². The summed E-state index contributed by atoms with van der Waals surface area (Å²) in [5, 5.41) is 3.20. The highest BCUT2D eigenvalue weighted by atomic mass is 16.5. The maximum Gasteiger partial charge on any atom is 0.122 e. The van der Waals surface area contributed by atoms with Gasteiger partial charge in [-0.1, -0.05) is 12.1 Å². The quantitative estimate of drug-likeness (QED) is 0.584. The van der Waals surface area contributed by atoms with Crippen molar-refractivity contribution in [2.24, 2.45) is 0 Å². The van der Waals surface area contributed by atoms with Gasteiger partial charge in [0, 0.05) is 20.1 Å². The largest absolute Gasteiger partial charge is 0.493 e. The molecule has 0 unspecified atom stereocenters. The zero-order valence-corrected chi connectivity index (χ0v) is 9.08. The minimum absolute atomic E-state index is 0.619. The smallest absolute Gasteiger partial charge is 0.122 e. The average molecular weight is 207 g/mol. The lowest BCUT2D eigenvalue weighted by atomic mass is 10.1. The minimum Gasteiger partial charge on any atom is -0.493 e. The molecule has 3 nitrogen and oxygen atoms in total. The molecule has 3 heteroatoms. The number of hydrogen-bond acceptors (Lipinski definition) is 3. The van der Waals surface area contributed by atoms with Gasteiger partial charge >= 0.3 is 0 Å². The summed E-state index contributed by atoms with van der Waals surface area (Å²) in [7, 11) is 1.69. The third kappa shape index (κ3) is 2.70. The lowest BCUT2D eigenvalue weighted by Gasteiger charge is -2.05. The molecule has 0 amide bonds. The summed E-state index contributed by atoms with van der Waals surface area (Å²) in [5.74, 6) is 1.06. The average Bonchev–Trinajstić information content (AvgIpc) is 2.71. The van der Waals surface area contributed by atoms with Crippen molar-refractivity contribution < 1.29 is 9.47 Å². The second-order valence-electron chi connectivity index (χ2n) is 3.72. The fraction of sp³-hybridized carbons (Fsp3) is 0.500. The molecule has 82 valence electrons. The fourth-order valence-electron chi connectivity index (χ4n) is 1.80. The SMILES string of the molecule is COCNCCc1ccc2c(c1)CCO2. The van der Waals surface area contributed by atoms with E-state index in [1.165, 1.54) is 11.1 Å². The van der Waals surface area contributed by atoms with Crippen LogP contribution in [0.25, 0.3) is 0 Å². The number of fused-ring (bicyclic) bond motifs is 1. The minimum atomic E-state index is 0.619. The van der Waals surface area contributed by atoms with E-state index in [-0.39, 0.29) is 0 Å². The van der Waals surface area contributed by atoms with Crippen molar-refractivity contribution >= 4 is 0 Å². The second-order valence-corrected chi connectivity index (χ2v) is 3.72. The highest BCUT2D eigenvalue weighted by molar-refractivity contribution is 5.39. The highest BCUT2D eigenvalue weighted by Crippen LogP contribution is 2.25. The Morgan fingerprint density at radius 1 is 1.47 bits per heavy atom. The Bertz CT molecular complexity index is 325. The topological polar surface area (TPSA) is 30.5 Å². The molecule has 1 aromatic carbocycles.